The fourth-order valence-corrected chi connectivity index (χ4v) is 6.02. The van der Waals surface area contributed by atoms with Crippen LogP contribution in [0.3, 0.4) is 0 Å². The van der Waals surface area contributed by atoms with Crippen LogP contribution in [0.1, 0.15) is 62.0 Å². The first-order valence-corrected chi connectivity index (χ1v) is 12.6. The van der Waals surface area contributed by atoms with Gasteiger partial charge in [0.1, 0.15) is 6.61 Å². The Labute approximate surface area is 205 Å². The Morgan fingerprint density at radius 2 is 1.60 bits per heavy atom. The molecule has 35 heavy (non-hydrogen) atoms. The molecular formula is C28H32N2O5. The number of alkyl carbamates (subject to hydrolysis) is 1. The van der Waals surface area contributed by atoms with Gasteiger partial charge in [-0.05, 0) is 60.3 Å². The van der Waals surface area contributed by atoms with Crippen LogP contribution in [0.5, 0.6) is 0 Å². The number of amides is 2. The Bertz CT molecular complexity index is 1080. The molecule has 0 spiro atoms. The van der Waals surface area contributed by atoms with E-state index in [0.717, 1.165) is 43.2 Å². The number of fused-ring (bicyclic) bond motifs is 3. The number of carboxylic acid groups (broad SMARTS) is 1. The van der Waals surface area contributed by atoms with Crippen LogP contribution in [0.15, 0.2) is 48.5 Å². The molecule has 7 nitrogen and oxygen atoms in total. The molecular weight excluding hydrogens is 444 g/mol. The van der Waals surface area contributed by atoms with Gasteiger partial charge < -0.3 is 20.5 Å². The van der Waals surface area contributed by atoms with Crippen molar-refractivity contribution in [3.05, 3.63) is 59.7 Å². The molecule has 0 aromatic heterocycles. The molecule has 0 unspecified atom stereocenters. The van der Waals surface area contributed by atoms with Crippen LogP contribution in [0.25, 0.3) is 11.1 Å². The molecule has 3 aliphatic rings. The maximum absolute atomic E-state index is 12.8. The minimum atomic E-state index is -0.783. The van der Waals surface area contributed by atoms with E-state index in [9.17, 15) is 19.5 Å². The predicted molar refractivity (Wildman–Crippen MR) is 131 cm³/mol. The minimum Gasteiger partial charge on any atom is -0.481 e. The number of hydrogen-bond donors (Lipinski definition) is 3. The summed E-state index contributed by atoms with van der Waals surface area (Å²) in [4.78, 5) is 36.8. The second-order valence-corrected chi connectivity index (χ2v) is 10.2. The number of aliphatic carboxylic acids is 1. The normalized spacial score (nSPS) is 21.9. The highest BCUT2D eigenvalue weighted by atomic mass is 16.5. The number of carbonyl (C=O) groups excluding carboxylic acids is 2. The van der Waals surface area contributed by atoms with E-state index in [0.29, 0.717) is 13.0 Å². The summed E-state index contributed by atoms with van der Waals surface area (Å²) < 4.78 is 5.69. The Balaban J connectivity index is 1.15. The summed E-state index contributed by atoms with van der Waals surface area (Å²) in [6, 6.07) is 16.4. The van der Waals surface area contributed by atoms with E-state index in [1.807, 2.05) is 24.3 Å². The number of nitrogens with one attached hydrogen (secondary N) is 2. The van der Waals surface area contributed by atoms with E-state index in [1.54, 1.807) is 0 Å². The van der Waals surface area contributed by atoms with Gasteiger partial charge in [-0.2, -0.15) is 0 Å². The second-order valence-electron chi connectivity index (χ2n) is 10.2. The van der Waals surface area contributed by atoms with Gasteiger partial charge >= 0.3 is 12.1 Å². The largest absolute Gasteiger partial charge is 0.481 e. The van der Waals surface area contributed by atoms with Crippen molar-refractivity contribution >= 4 is 18.0 Å². The highest BCUT2D eigenvalue weighted by Gasteiger charge is 2.41. The first-order chi connectivity index (χ1) is 17.0. The highest BCUT2D eigenvalue weighted by molar-refractivity contribution is 5.80. The van der Waals surface area contributed by atoms with E-state index >= 15 is 0 Å². The van der Waals surface area contributed by atoms with Gasteiger partial charge in [-0.1, -0.05) is 55.0 Å². The van der Waals surface area contributed by atoms with Gasteiger partial charge in [0, 0.05) is 18.9 Å². The summed E-state index contributed by atoms with van der Waals surface area (Å²) in [6.45, 7) is 0.608. The van der Waals surface area contributed by atoms with Crippen LogP contribution in [0.4, 0.5) is 4.79 Å². The fourth-order valence-electron chi connectivity index (χ4n) is 6.02. The zero-order valence-electron chi connectivity index (χ0n) is 19.8. The summed E-state index contributed by atoms with van der Waals surface area (Å²) in [6.07, 6.45) is 4.45. The van der Waals surface area contributed by atoms with Crippen molar-refractivity contribution in [2.75, 3.05) is 13.2 Å². The van der Waals surface area contributed by atoms with Crippen LogP contribution >= 0.6 is 0 Å². The molecule has 0 bridgehead atoms. The van der Waals surface area contributed by atoms with E-state index in [-0.39, 0.29) is 36.7 Å². The molecule has 2 amide bonds. The van der Waals surface area contributed by atoms with Gasteiger partial charge in [0.15, 0.2) is 0 Å². The Hall–Kier alpha value is -3.35. The average molecular weight is 477 g/mol. The molecule has 0 heterocycles. The fraction of sp³-hybridized carbons (Fsp3) is 0.464. The SMILES string of the molecule is O=C(CC1(NC(=O)OCC2c3ccccc3-c3ccccc32)CCC1)NC[C@@H]1CCC[C@@H]1C(=O)O. The zero-order chi connectivity index (χ0) is 24.4. The molecule has 3 N–H and O–H groups in total. The lowest BCUT2D eigenvalue weighted by Gasteiger charge is -2.41. The van der Waals surface area contributed by atoms with Crippen molar-refractivity contribution in [2.24, 2.45) is 11.8 Å². The summed E-state index contributed by atoms with van der Waals surface area (Å²) >= 11 is 0. The van der Waals surface area contributed by atoms with Gasteiger partial charge in [-0.15, -0.1) is 0 Å². The van der Waals surface area contributed by atoms with E-state index in [2.05, 4.69) is 34.9 Å². The molecule has 2 atom stereocenters. The van der Waals surface area contributed by atoms with Gasteiger partial charge in [0.05, 0.1) is 11.5 Å². The monoisotopic (exact) mass is 476 g/mol. The van der Waals surface area contributed by atoms with E-state index < -0.39 is 17.6 Å². The van der Waals surface area contributed by atoms with Crippen LogP contribution in [-0.2, 0) is 14.3 Å². The maximum atomic E-state index is 12.8. The first kappa shape index (κ1) is 23.4. The molecule has 0 radical (unpaired) electrons. The number of carbonyl (C=O) groups is 3. The molecule has 2 aromatic rings. The molecule has 2 saturated carbocycles. The zero-order valence-corrected chi connectivity index (χ0v) is 19.8. The van der Waals surface area contributed by atoms with Gasteiger partial charge in [0.25, 0.3) is 0 Å². The minimum absolute atomic E-state index is 0.0117. The average Bonchev–Trinajstić information content (AvgIpc) is 3.43. The third-order valence-electron chi connectivity index (χ3n) is 8.06. The summed E-state index contributed by atoms with van der Waals surface area (Å²) in [5.74, 6) is -1.35. The molecule has 3 aliphatic carbocycles. The molecule has 2 fully saturated rings. The molecule has 0 saturated heterocycles. The van der Waals surface area contributed by atoms with Gasteiger partial charge in [0.2, 0.25) is 5.91 Å². The third-order valence-corrected chi connectivity index (χ3v) is 8.06. The van der Waals surface area contributed by atoms with E-state index in [4.69, 9.17) is 4.74 Å². The smallest absolute Gasteiger partial charge is 0.407 e. The number of rotatable bonds is 8. The summed E-state index contributed by atoms with van der Waals surface area (Å²) in [5, 5.41) is 15.2. The lowest BCUT2D eigenvalue weighted by molar-refractivity contribution is -0.143. The Morgan fingerprint density at radius 3 is 2.20 bits per heavy atom. The quantitative estimate of drug-likeness (QED) is 0.522. The van der Waals surface area contributed by atoms with Crippen molar-refractivity contribution in [1.29, 1.82) is 0 Å². The molecule has 7 heteroatoms. The van der Waals surface area contributed by atoms with Crippen LogP contribution in [0, 0.1) is 11.8 Å². The second kappa shape index (κ2) is 9.72. The van der Waals surface area contributed by atoms with E-state index in [1.165, 1.54) is 11.1 Å². The standard InChI is InChI=1S/C28H32N2O5/c31-25(29-16-18-7-5-12-19(18)26(32)33)15-28(13-6-14-28)30-27(34)35-17-24-22-10-3-1-8-20(22)21-9-2-4-11-23(21)24/h1-4,8-11,18-19,24H,5-7,12-17H2,(H,29,31)(H,30,34)(H,32,33)/t18-,19-/m0/s1. The molecule has 0 aliphatic heterocycles. The van der Waals surface area contributed by atoms with Crippen molar-refractivity contribution in [2.45, 2.75) is 56.4 Å². The first-order valence-electron chi connectivity index (χ1n) is 12.6. The van der Waals surface area contributed by atoms with Crippen LogP contribution in [-0.4, -0.2) is 41.8 Å². The van der Waals surface area contributed by atoms with Crippen molar-refractivity contribution in [3.63, 3.8) is 0 Å². The highest BCUT2D eigenvalue weighted by Crippen LogP contribution is 2.44. The Morgan fingerprint density at radius 1 is 0.943 bits per heavy atom. The van der Waals surface area contributed by atoms with Crippen LogP contribution in [0.2, 0.25) is 0 Å². The number of carboxylic acids is 1. The number of benzene rings is 2. The lowest BCUT2D eigenvalue weighted by atomic mass is 9.74. The molecule has 184 valence electrons. The summed E-state index contributed by atoms with van der Waals surface area (Å²) in [5.41, 5.74) is 4.08. The summed E-state index contributed by atoms with van der Waals surface area (Å²) in [7, 11) is 0. The number of ether oxygens (including phenoxy) is 1. The van der Waals surface area contributed by atoms with Crippen molar-refractivity contribution in [1.82, 2.24) is 10.6 Å². The van der Waals surface area contributed by atoms with Crippen molar-refractivity contribution < 1.29 is 24.2 Å². The number of hydrogen-bond acceptors (Lipinski definition) is 4. The predicted octanol–water partition coefficient (Wildman–Crippen LogP) is 4.46. The maximum Gasteiger partial charge on any atom is 0.407 e. The van der Waals surface area contributed by atoms with Gasteiger partial charge in [-0.3, -0.25) is 9.59 Å². The molecule has 2 aromatic carbocycles. The third kappa shape index (κ3) is 4.77. The Kier molecular flexibility index (Phi) is 6.50. The topological polar surface area (TPSA) is 105 Å². The molecule has 5 rings (SSSR count). The van der Waals surface area contributed by atoms with Gasteiger partial charge in [-0.25, -0.2) is 4.79 Å². The van der Waals surface area contributed by atoms with Crippen molar-refractivity contribution in [3.8, 4) is 11.1 Å². The lowest BCUT2D eigenvalue weighted by Crippen LogP contribution is -2.56. The van der Waals surface area contributed by atoms with Crippen LogP contribution < -0.4 is 10.6 Å².